The number of alkyl carbamates (subject to hydrolysis) is 1. The summed E-state index contributed by atoms with van der Waals surface area (Å²) in [6.45, 7) is 13.5. The first-order chi connectivity index (χ1) is 18.2. The minimum absolute atomic E-state index is 0.237. The van der Waals surface area contributed by atoms with E-state index in [2.05, 4.69) is 10.6 Å². The molecule has 0 spiro atoms. The van der Waals surface area contributed by atoms with Crippen LogP contribution in [0.15, 0.2) is 54.6 Å². The molecule has 1 fully saturated rings. The van der Waals surface area contributed by atoms with E-state index in [1.54, 1.807) is 39.0 Å². The normalized spacial score (nSPS) is 16.8. The molecule has 0 aliphatic carbocycles. The maximum Gasteiger partial charge on any atom is 0.457 e. The predicted molar refractivity (Wildman–Crippen MR) is 154 cm³/mol. The highest BCUT2D eigenvalue weighted by Gasteiger charge is 2.50. The second-order valence-corrected chi connectivity index (χ2v) is 12.0. The molecule has 1 aliphatic heterocycles. The Kier molecular flexibility index (Phi) is 10.1. The molecule has 2 aromatic rings. The number of unbranched alkanes of at least 4 members (excludes halogenated alkanes) is 2. The summed E-state index contributed by atoms with van der Waals surface area (Å²) in [5, 5.41) is 5.66. The van der Waals surface area contributed by atoms with E-state index in [0.29, 0.717) is 23.6 Å². The molecule has 0 aromatic heterocycles. The van der Waals surface area contributed by atoms with Crippen molar-refractivity contribution in [2.24, 2.45) is 0 Å². The first-order valence-corrected chi connectivity index (χ1v) is 13.7. The van der Waals surface area contributed by atoms with Gasteiger partial charge in [-0.15, -0.1) is 0 Å². The molecule has 2 aromatic carbocycles. The van der Waals surface area contributed by atoms with Gasteiger partial charge in [-0.3, -0.25) is 4.79 Å². The molecule has 0 bridgehead atoms. The lowest BCUT2D eigenvalue weighted by Gasteiger charge is -2.32. The van der Waals surface area contributed by atoms with Gasteiger partial charge in [0, 0.05) is 11.8 Å². The van der Waals surface area contributed by atoms with Gasteiger partial charge in [-0.25, -0.2) is 4.79 Å². The minimum atomic E-state index is -0.754. The minimum Gasteiger partial charge on any atom is -0.457 e. The van der Waals surface area contributed by atoms with Crippen LogP contribution in [0.1, 0.15) is 74.1 Å². The summed E-state index contributed by atoms with van der Waals surface area (Å²) in [7, 11) is -0.237. The van der Waals surface area contributed by atoms with E-state index in [1.165, 1.54) is 0 Å². The quantitative estimate of drug-likeness (QED) is 0.237. The average Bonchev–Trinajstić information content (AvgIpc) is 3.03. The predicted octanol–water partition coefficient (Wildman–Crippen LogP) is 6.96. The molecule has 1 saturated heterocycles. The number of para-hydroxylation sites is 1. The lowest BCUT2D eigenvalue weighted by Crippen LogP contribution is -2.45. The summed E-state index contributed by atoms with van der Waals surface area (Å²) in [6.07, 6.45) is 3.11. The average molecular weight is 538 g/mol. The van der Waals surface area contributed by atoms with Gasteiger partial charge in [0.2, 0.25) is 5.91 Å². The van der Waals surface area contributed by atoms with Crippen molar-refractivity contribution in [2.75, 3.05) is 5.32 Å². The molecule has 39 heavy (non-hydrogen) atoms. The molecule has 2 N–H and O–H groups in total. The van der Waals surface area contributed by atoms with Crippen LogP contribution < -0.4 is 15.4 Å². The van der Waals surface area contributed by atoms with Gasteiger partial charge in [0.25, 0.3) is 0 Å². The SMILES string of the molecule is CC(C)(C)OC(=O)NC(CCCCCB1OC(C)(C)C(C)(C)O1)C(=O)Nc1cccc(Oc2ccccc2)c1. The topological polar surface area (TPSA) is 95.1 Å². The van der Waals surface area contributed by atoms with E-state index in [4.69, 9.17) is 18.8 Å². The van der Waals surface area contributed by atoms with Crippen molar-refractivity contribution in [1.29, 1.82) is 0 Å². The zero-order chi connectivity index (χ0) is 28.7. The first-order valence-electron chi connectivity index (χ1n) is 13.7. The van der Waals surface area contributed by atoms with Crippen molar-refractivity contribution in [3.63, 3.8) is 0 Å². The first kappa shape index (κ1) is 30.5. The molecule has 3 rings (SSSR count). The molecule has 0 saturated carbocycles. The third kappa shape index (κ3) is 9.58. The Hall–Kier alpha value is -3.04. The highest BCUT2D eigenvalue weighted by atomic mass is 16.7. The van der Waals surface area contributed by atoms with Gasteiger partial charge in [-0.2, -0.15) is 0 Å². The van der Waals surface area contributed by atoms with Gasteiger partial charge in [-0.05, 0) is 85.5 Å². The van der Waals surface area contributed by atoms with Crippen LogP contribution in [0.5, 0.6) is 11.5 Å². The second-order valence-electron chi connectivity index (χ2n) is 12.0. The van der Waals surface area contributed by atoms with Crippen LogP contribution in [-0.4, -0.2) is 42.0 Å². The Morgan fingerprint density at radius 3 is 2.18 bits per heavy atom. The lowest BCUT2D eigenvalue weighted by molar-refractivity contribution is -0.118. The van der Waals surface area contributed by atoms with Gasteiger partial charge in [0.15, 0.2) is 0 Å². The van der Waals surface area contributed by atoms with Gasteiger partial charge >= 0.3 is 13.2 Å². The molecule has 1 unspecified atom stereocenters. The van der Waals surface area contributed by atoms with Crippen LogP contribution in [0, 0.1) is 0 Å². The molecule has 1 heterocycles. The van der Waals surface area contributed by atoms with Crippen molar-refractivity contribution >= 4 is 24.8 Å². The summed E-state index contributed by atoms with van der Waals surface area (Å²) in [6, 6.07) is 15.8. The number of ether oxygens (including phenoxy) is 2. The van der Waals surface area contributed by atoms with Crippen LogP contribution in [0.2, 0.25) is 6.32 Å². The van der Waals surface area contributed by atoms with Gasteiger partial charge in [0.1, 0.15) is 23.1 Å². The number of hydrogen-bond acceptors (Lipinski definition) is 6. The van der Waals surface area contributed by atoms with Gasteiger partial charge in [0.05, 0.1) is 11.2 Å². The summed E-state index contributed by atoms with van der Waals surface area (Å²) in [4.78, 5) is 25.7. The fraction of sp³-hybridized carbons (Fsp3) is 0.533. The molecular weight excluding hydrogens is 495 g/mol. The Bertz CT molecular complexity index is 1080. The summed E-state index contributed by atoms with van der Waals surface area (Å²) >= 11 is 0. The summed E-state index contributed by atoms with van der Waals surface area (Å²) in [5.74, 6) is 0.980. The molecule has 1 atom stereocenters. The Labute approximate surface area is 233 Å². The highest BCUT2D eigenvalue weighted by molar-refractivity contribution is 6.45. The third-order valence-corrected chi connectivity index (χ3v) is 6.82. The lowest BCUT2D eigenvalue weighted by atomic mass is 9.82. The molecule has 1 aliphatic rings. The maximum atomic E-state index is 13.2. The number of amides is 2. The number of hydrogen-bond donors (Lipinski definition) is 2. The van der Waals surface area contributed by atoms with E-state index in [-0.39, 0.29) is 24.2 Å². The number of anilines is 1. The van der Waals surface area contributed by atoms with Crippen LogP contribution in [0.25, 0.3) is 0 Å². The summed E-state index contributed by atoms with van der Waals surface area (Å²) in [5.41, 5.74) is -0.787. The smallest absolute Gasteiger partial charge is 0.457 e. The van der Waals surface area contributed by atoms with Crippen molar-refractivity contribution in [3.8, 4) is 11.5 Å². The maximum absolute atomic E-state index is 13.2. The van der Waals surface area contributed by atoms with Gasteiger partial charge < -0.3 is 29.4 Å². The van der Waals surface area contributed by atoms with Crippen LogP contribution in [-0.2, 0) is 18.8 Å². The van der Waals surface area contributed by atoms with E-state index >= 15 is 0 Å². The largest absolute Gasteiger partial charge is 0.457 e. The Balaban J connectivity index is 1.56. The van der Waals surface area contributed by atoms with Crippen molar-refractivity contribution < 1.29 is 28.4 Å². The van der Waals surface area contributed by atoms with E-state index in [0.717, 1.165) is 25.6 Å². The van der Waals surface area contributed by atoms with Gasteiger partial charge in [-0.1, -0.05) is 43.5 Å². The van der Waals surface area contributed by atoms with Crippen molar-refractivity contribution in [2.45, 2.75) is 103 Å². The molecular formula is C30H43BN2O6. The number of nitrogens with one attached hydrogen (secondary N) is 2. The number of carbonyl (C=O) groups is 2. The van der Waals surface area contributed by atoms with Crippen LogP contribution >= 0.6 is 0 Å². The zero-order valence-corrected chi connectivity index (χ0v) is 24.3. The number of carbonyl (C=O) groups excluding carboxylic acids is 2. The summed E-state index contributed by atoms with van der Waals surface area (Å²) < 4.78 is 23.4. The van der Waals surface area contributed by atoms with Crippen LogP contribution in [0.3, 0.4) is 0 Å². The molecule has 2 amide bonds. The monoisotopic (exact) mass is 538 g/mol. The second kappa shape index (κ2) is 12.9. The Morgan fingerprint density at radius 2 is 1.54 bits per heavy atom. The van der Waals surface area contributed by atoms with E-state index in [9.17, 15) is 9.59 Å². The molecule has 0 radical (unpaired) electrons. The third-order valence-electron chi connectivity index (χ3n) is 6.82. The fourth-order valence-electron chi connectivity index (χ4n) is 4.13. The zero-order valence-electron chi connectivity index (χ0n) is 24.3. The number of benzene rings is 2. The highest BCUT2D eigenvalue weighted by Crippen LogP contribution is 2.38. The standard InChI is InChI=1S/C30H43BN2O6/c1-28(2,3)37-27(35)33-25(19-12-9-13-20-31-38-29(4,5)30(6,7)39-31)26(34)32-22-15-14-18-24(21-22)36-23-16-10-8-11-17-23/h8,10-11,14-18,21,25H,9,12-13,19-20H2,1-7H3,(H,32,34)(H,33,35). The van der Waals surface area contributed by atoms with E-state index in [1.807, 2.05) is 64.1 Å². The van der Waals surface area contributed by atoms with Crippen molar-refractivity contribution in [1.82, 2.24) is 5.32 Å². The molecule has 8 nitrogen and oxygen atoms in total. The molecule has 9 heteroatoms. The molecule has 212 valence electrons. The van der Waals surface area contributed by atoms with E-state index < -0.39 is 17.7 Å². The Morgan fingerprint density at radius 1 is 0.897 bits per heavy atom. The van der Waals surface area contributed by atoms with Crippen molar-refractivity contribution in [3.05, 3.63) is 54.6 Å². The fourth-order valence-corrected chi connectivity index (χ4v) is 4.13. The van der Waals surface area contributed by atoms with Crippen LogP contribution in [0.4, 0.5) is 10.5 Å². The number of rotatable bonds is 11.